The van der Waals surface area contributed by atoms with E-state index in [9.17, 15) is 5.11 Å². The zero-order valence-electron chi connectivity index (χ0n) is 12.3. The number of phenols is 1. The van der Waals surface area contributed by atoms with Crippen molar-refractivity contribution in [1.82, 2.24) is 5.32 Å². The van der Waals surface area contributed by atoms with Gasteiger partial charge in [-0.15, -0.1) is 0 Å². The van der Waals surface area contributed by atoms with E-state index < -0.39 is 0 Å². The van der Waals surface area contributed by atoms with Gasteiger partial charge in [-0.05, 0) is 36.1 Å². The van der Waals surface area contributed by atoms with E-state index in [1.165, 1.54) is 43.2 Å². The molecule has 1 aliphatic rings. The van der Waals surface area contributed by atoms with Crippen molar-refractivity contribution in [2.75, 3.05) is 0 Å². The Hall–Kier alpha value is -1.80. The van der Waals surface area contributed by atoms with E-state index in [0.29, 0.717) is 11.8 Å². The van der Waals surface area contributed by atoms with Gasteiger partial charge < -0.3 is 10.4 Å². The second-order valence-electron chi connectivity index (χ2n) is 5.94. The Morgan fingerprint density at radius 3 is 2.10 bits per heavy atom. The summed E-state index contributed by atoms with van der Waals surface area (Å²) < 4.78 is 0. The maximum Gasteiger partial charge on any atom is 0.115 e. The molecule has 0 radical (unpaired) electrons. The molecule has 110 valence electrons. The summed E-state index contributed by atoms with van der Waals surface area (Å²) in [5.41, 5.74) is 2.50. The molecule has 0 aromatic heterocycles. The zero-order chi connectivity index (χ0) is 14.5. The zero-order valence-corrected chi connectivity index (χ0v) is 12.3. The second kappa shape index (κ2) is 6.77. The van der Waals surface area contributed by atoms with Crippen molar-refractivity contribution in [2.45, 2.75) is 44.2 Å². The minimum Gasteiger partial charge on any atom is -0.508 e. The maximum atomic E-state index is 9.51. The van der Waals surface area contributed by atoms with E-state index in [1.54, 1.807) is 12.1 Å². The molecule has 1 aliphatic carbocycles. The van der Waals surface area contributed by atoms with Crippen LogP contribution in [0.3, 0.4) is 0 Å². The molecule has 3 rings (SSSR count). The van der Waals surface area contributed by atoms with Gasteiger partial charge >= 0.3 is 0 Å². The molecule has 0 aliphatic heterocycles. The van der Waals surface area contributed by atoms with Gasteiger partial charge in [-0.25, -0.2) is 0 Å². The molecule has 0 heterocycles. The van der Waals surface area contributed by atoms with Crippen LogP contribution >= 0.6 is 0 Å². The van der Waals surface area contributed by atoms with Crippen LogP contribution in [0.15, 0.2) is 54.6 Å². The van der Waals surface area contributed by atoms with Crippen LogP contribution in [0.1, 0.15) is 49.3 Å². The van der Waals surface area contributed by atoms with Gasteiger partial charge in [-0.2, -0.15) is 0 Å². The van der Waals surface area contributed by atoms with E-state index in [-0.39, 0.29) is 6.04 Å². The Bertz CT molecular complexity index is 544. The monoisotopic (exact) mass is 281 g/mol. The molecule has 2 N–H and O–H groups in total. The Balaban J connectivity index is 1.85. The highest BCUT2D eigenvalue weighted by Crippen LogP contribution is 2.27. The van der Waals surface area contributed by atoms with Crippen LogP contribution in [0, 0.1) is 0 Å². The molecule has 0 saturated heterocycles. The average Bonchev–Trinajstić information content (AvgIpc) is 2.55. The lowest BCUT2D eigenvalue weighted by atomic mass is 9.92. The van der Waals surface area contributed by atoms with Crippen molar-refractivity contribution in [3.8, 4) is 5.75 Å². The molecule has 1 fully saturated rings. The van der Waals surface area contributed by atoms with E-state index in [1.807, 2.05) is 12.1 Å². The van der Waals surface area contributed by atoms with Crippen LogP contribution in [0.25, 0.3) is 0 Å². The lowest BCUT2D eigenvalue weighted by Gasteiger charge is -2.29. The summed E-state index contributed by atoms with van der Waals surface area (Å²) in [5.74, 6) is 0.322. The Kier molecular flexibility index (Phi) is 4.56. The van der Waals surface area contributed by atoms with Crippen molar-refractivity contribution >= 4 is 0 Å². The van der Waals surface area contributed by atoms with Crippen molar-refractivity contribution in [3.63, 3.8) is 0 Å². The fraction of sp³-hybridized carbons (Fsp3) is 0.368. The Morgan fingerprint density at radius 1 is 0.810 bits per heavy atom. The van der Waals surface area contributed by atoms with E-state index in [4.69, 9.17) is 0 Å². The molecule has 2 aromatic rings. The minimum atomic E-state index is 0.204. The summed E-state index contributed by atoms with van der Waals surface area (Å²) in [4.78, 5) is 0. The van der Waals surface area contributed by atoms with Crippen molar-refractivity contribution < 1.29 is 5.11 Å². The molecule has 1 atom stereocenters. The molecule has 0 amide bonds. The largest absolute Gasteiger partial charge is 0.508 e. The summed E-state index contributed by atoms with van der Waals surface area (Å²) in [6.45, 7) is 0. The molecular formula is C19H23NO. The lowest BCUT2D eigenvalue weighted by Crippen LogP contribution is -2.35. The van der Waals surface area contributed by atoms with Crippen LogP contribution in [0.5, 0.6) is 5.75 Å². The smallest absolute Gasteiger partial charge is 0.115 e. The van der Waals surface area contributed by atoms with Crippen LogP contribution in [0.2, 0.25) is 0 Å². The third kappa shape index (κ3) is 3.64. The fourth-order valence-corrected chi connectivity index (χ4v) is 3.20. The minimum absolute atomic E-state index is 0.204. The predicted molar refractivity (Wildman–Crippen MR) is 86.4 cm³/mol. The summed E-state index contributed by atoms with van der Waals surface area (Å²) in [7, 11) is 0. The normalized spacial score (nSPS) is 17.5. The highest BCUT2D eigenvalue weighted by molar-refractivity contribution is 5.35. The van der Waals surface area contributed by atoms with E-state index in [2.05, 4.69) is 35.6 Å². The number of nitrogens with one attached hydrogen (secondary N) is 1. The molecule has 2 aromatic carbocycles. The quantitative estimate of drug-likeness (QED) is 0.870. The summed E-state index contributed by atoms with van der Waals surface area (Å²) in [6, 6.07) is 19.0. The van der Waals surface area contributed by atoms with Crippen LogP contribution < -0.4 is 5.32 Å². The van der Waals surface area contributed by atoms with Gasteiger partial charge in [0.2, 0.25) is 0 Å². The number of phenolic OH excluding ortho intramolecular Hbond substituents is 1. The Labute approximate surface area is 126 Å². The maximum absolute atomic E-state index is 9.51. The fourth-order valence-electron chi connectivity index (χ4n) is 3.20. The summed E-state index contributed by atoms with van der Waals surface area (Å²) >= 11 is 0. The van der Waals surface area contributed by atoms with Crippen LogP contribution in [-0.2, 0) is 0 Å². The first-order valence-corrected chi connectivity index (χ1v) is 7.93. The summed E-state index contributed by atoms with van der Waals surface area (Å²) in [5, 5.41) is 13.3. The molecule has 1 saturated carbocycles. The van der Waals surface area contributed by atoms with Crippen molar-refractivity contribution in [1.29, 1.82) is 0 Å². The number of aromatic hydroxyl groups is 1. The lowest BCUT2D eigenvalue weighted by molar-refractivity contribution is 0.354. The van der Waals surface area contributed by atoms with Crippen molar-refractivity contribution in [2.24, 2.45) is 0 Å². The number of hydrogen-bond acceptors (Lipinski definition) is 2. The molecule has 1 unspecified atom stereocenters. The second-order valence-corrected chi connectivity index (χ2v) is 5.94. The highest BCUT2D eigenvalue weighted by Gasteiger charge is 2.20. The van der Waals surface area contributed by atoms with Gasteiger partial charge in [-0.3, -0.25) is 0 Å². The molecule has 2 heteroatoms. The van der Waals surface area contributed by atoms with E-state index >= 15 is 0 Å². The first-order chi connectivity index (χ1) is 10.3. The van der Waals surface area contributed by atoms with Gasteiger partial charge in [0.15, 0.2) is 0 Å². The summed E-state index contributed by atoms with van der Waals surface area (Å²) in [6.07, 6.45) is 6.56. The van der Waals surface area contributed by atoms with Gasteiger partial charge in [0.25, 0.3) is 0 Å². The van der Waals surface area contributed by atoms with Gasteiger partial charge in [0.05, 0.1) is 6.04 Å². The van der Waals surface area contributed by atoms with Gasteiger partial charge in [-0.1, -0.05) is 61.7 Å². The van der Waals surface area contributed by atoms with Gasteiger partial charge in [0, 0.05) is 6.04 Å². The Morgan fingerprint density at radius 2 is 1.43 bits per heavy atom. The topological polar surface area (TPSA) is 32.3 Å². The first-order valence-electron chi connectivity index (χ1n) is 7.93. The third-order valence-electron chi connectivity index (χ3n) is 4.37. The van der Waals surface area contributed by atoms with E-state index in [0.717, 1.165) is 0 Å². The molecular weight excluding hydrogens is 258 g/mol. The standard InChI is InChI=1S/C19H23NO/c21-18-13-11-16(12-14-18)19(15-7-3-1-4-8-15)20-17-9-5-2-6-10-17/h1,3-4,7-8,11-14,17,19-21H,2,5-6,9-10H2. The predicted octanol–water partition coefficient (Wildman–Crippen LogP) is 4.40. The number of benzene rings is 2. The van der Waals surface area contributed by atoms with Crippen molar-refractivity contribution in [3.05, 3.63) is 65.7 Å². The van der Waals surface area contributed by atoms with Crippen LogP contribution in [0.4, 0.5) is 0 Å². The molecule has 0 bridgehead atoms. The number of rotatable bonds is 4. The third-order valence-corrected chi connectivity index (χ3v) is 4.37. The SMILES string of the molecule is Oc1ccc(C(NC2CCCCC2)c2ccccc2)cc1. The molecule has 21 heavy (non-hydrogen) atoms. The number of hydrogen-bond donors (Lipinski definition) is 2. The van der Waals surface area contributed by atoms with Gasteiger partial charge in [0.1, 0.15) is 5.75 Å². The molecule has 2 nitrogen and oxygen atoms in total. The van der Waals surface area contributed by atoms with Crippen LogP contribution in [-0.4, -0.2) is 11.1 Å². The molecule has 0 spiro atoms. The first kappa shape index (κ1) is 14.2. The highest BCUT2D eigenvalue weighted by atomic mass is 16.3. The average molecular weight is 281 g/mol.